The van der Waals surface area contributed by atoms with E-state index in [1.807, 2.05) is 13.0 Å². The lowest BCUT2D eigenvalue weighted by atomic mass is 10.0. The fourth-order valence-electron chi connectivity index (χ4n) is 2.51. The second-order valence-electron chi connectivity index (χ2n) is 5.84. The Balaban J connectivity index is 1.92. The van der Waals surface area contributed by atoms with Crippen LogP contribution in [-0.4, -0.2) is 6.54 Å². The van der Waals surface area contributed by atoms with Crippen LogP contribution in [0.4, 0.5) is 4.39 Å². The average Bonchev–Trinajstić information content (AvgIpc) is 2.44. The molecule has 0 bridgehead atoms. The van der Waals surface area contributed by atoms with E-state index in [0.29, 0.717) is 6.04 Å². The van der Waals surface area contributed by atoms with Crippen molar-refractivity contribution in [2.75, 3.05) is 6.54 Å². The summed E-state index contributed by atoms with van der Waals surface area (Å²) in [6, 6.07) is 11.9. The molecule has 0 spiro atoms. The van der Waals surface area contributed by atoms with Crippen LogP contribution in [0.15, 0.2) is 36.4 Å². The maximum absolute atomic E-state index is 13.1. The van der Waals surface area contributed by atoms with Gasteiger partial charge in [-0.3, -0.25) is 0 Å². The molecule has 1 N–H and O–H groups in total. The lowest BCUT2D eigenvalue weighted by molar-refractivity contribution is 0.575. The molecule has 0 amide bonds. The van der Waals surface area contributed by atoms with Gasteiger partial charge in [0.25, 0.3) is 0 Å². The van der Waals surface area contributed by atoms with Gasteiger partial charge in [-0.2, -0.15) is 0 Å². The van der Waals surface area contributed by atoms with Crippen molar-refractivity contribution in [3.63, 3.8) is 0 Å². The molecule has 0 aliphatic rings. The minimum absolute atomic E-state index is 0.160. The van der Waals surface area contributed by atoms with Crippen LogP contribution in [0.2, 0.25) is 0 Å². The number of halogens is 1. The van der Waals surface area contributed by atoms with Crippen molar-refractivity contribution in [3.05, 3.63) is 70.0 Å². The summed E-state index contributed by atoms with van der Waals surface area (Å²) in [6.45, 7) is 9.31. The van der Waals surface area contributed by atoms with Gasteiger partial charge in [-0.25, -0.2) is 4.39 Å². The van der Waals surface area contributed by atoms with Crippen molar-refractivity contribution in [1.29, 1.82) is 0 Å². The van der Waals surface area contributed by atoms with Crippen LogP contribution >= 0.6 is 0 Å². The van der Waals surface area contributed by atoms with E-state index in [1.54, 1.807) is 6.07 Å². The average molecular weight is 285 g/mol. The van der Waals surface area contributed by atoms with Crippen LogP contribution in [-0.2, 0) is 6.42 Å². The molecule has 2 aromatic rings. The van der Waals surface area contributed by atoms with E-state index in [2.05, 4.69) is 44.3 Å². The van der Waals surface area contributed by atoms with Gasteiger partial charge in [-0.05, 0) is 80.6 Å². The highest BCUT2D eigenvalue weighted by Gasteiger charge is 2.06. The van der Waals surface area contributed by atoms with Gasteiger partial charge in [-0.15, -0.1) is 0 Å². The molecule has 1 unspecified atom stereocenters. The summed E-state index contributed by atoms with van der Waals surface area (Å²) in [5.41, 5.74) is 6.20. The Morgan fingerprint density at radius 1 is 0.952 bits per heavy atom. The minimum atomic E-state index is -0.160. The van der Waals surface area contributed by atoms with Gasteiger partial charge in [0, 0.05) is 6.04 Å². The number of benzene rings is 2. The monoisotopic (exact) mass is 285 g/mol. The molecular formula is C19H24FN. The van der Waals surface area contributed by atoms with Crippen LogP contribution in [0.25, 0.3) is 0 Å². The first kappa shape index (κ1) is 15.7. The van der Waals surface area contributed by atoms with E-state index in [0.717, 1.165) is 18.5 Å². The van der Waals surface area contributed by atoms with Gasteiger partial charge in [0.2, 0.25) is 0 Å². The Morgan fingerprint density at radius 2 is 1.71 bits per heavy atom. The van der Waals surface area contributed by atoms with Crippen molar-refractivity contribution >= 4 is 0 Å². The Hall–Kier alpha value is -1.67. The Kier molecular flexibility index (Phi) is 5.13. The Bertz CT molecular complexity index is 619. The van der Waals surface area contributed by atoms with Crippen LogP contribution in [0.5, 0.6) is 0 Å². The smallest absolute Gasteiger partial charge is 0.123 e. The molecule has 0 heterocycles. The van der Waals surface area contributed by atoms with Crippen molar-refractivity contribution in [1.82, 2.24) is 5.32 Å². The lowest BCUT2D eigenvalue weighted by Gasteiger charge is -2.16. The maximum Gasteiger partial charge on any atom is 0.123 e. The molecule has 0 aromatic heterocycles. The third-order valence-electron chi connectivity index (χ3n) is 4.18. The van der Waals surface area contributed by atoms with Crippen LogP contribution in [0.3, 0.4) is 0 Å². The second kappa shape index (κ2) is 6.86. The van der Waals surface area contributed by atoms with E-state index < -0.39 is 0 Å². The quantitative estimate of drug-likeness (QED) is 0.843. The number of aryl methyl sites for hydroxylation is 3. The van der Waals surface area contributed by atoms with Gasteiger partial charge in [0.15, 0.2) is 0 Å². The summed E-state index contributed by atoms with van der Waals surface area (Å²) >= 11 is 0. The van der Waals surface area contributed by atoms with Crippen LogP contribution < -0.4 is 5.32 Å². The highest BCUT2D eigenvalue weighted by atomic mass is 19.1. The Labute approximate surface area is 127 Å². The summed E-state index contributed by atoms with van der Waals surface area (Å²) in [7, 11) is 0. The van der Waals surface area contributed by atoms with E-state index >= 15 is 0 Å². The molecular weight excluding hydrogens is 261 g/mol. The fourth-order valence-corrected chi connectivity index (χ4v) is 2.51. The van der Waals surface area contributed by atoms with Crippen LogP contribution in [0.1, 0.15) is 40.8 Å². The molecule has 0 saturated heterocycles. The first-order valence-electron chi connectivity index (χ1n) is 7.53. The molecule has 112 valence electrons. The second-order valence-corrected chi connectivity index (χ2v) is 5.84. The summed E-state index contributed by atoms with van der Waals surface area (Å²) in [6.07, 6.45) is 0.918. The van der Waals surface area contributed by atoms with E-state index in [4.69, 9.17) is 0 Å². The van der Waals surface area contributed by atoms with Gasteiger partial charge in [0.1, 0.15) is 5.82 Å². The molecule has 0 aliphatic carbocycles. The molecule has 2 aromatic carbocycles. The van der Waals surface area contributed by atoms with Gasteiger partial charge >= 0.3 is 0 Å². The number of nitrogens with one attached hydrogen (secondary N) is 1. The predicted octanol–water partition coefficient (Wildman–Crippen LogP) is 4.64. The number of rotatable bonds is 5. The molecule has 1 nitrogen and oxygen atoms in total. The highest BCUT2D eigenvalue weighted by molar-refractivity contribution is 5.31. The van der Waals surface area contributed by atoms with Gasteiger partial charge in [-0.1, -0.05) is 24.3 Å². The SMILES string of the molecule is Cc1ccc(C(C)NCCc2ccc(F)cc2C)cc1C. The van der Waals surface area contributed by atoms with E-state index in [1.165, 1.54) is 28.3 Å². The summed E-state index contributed by atoms with van der Waals surface area (Å²) in [5.74, 6) is -0.160. The first-order chi connectivity index (χ1) is 9.97. The zero-order valence-electron chi connectivity index (χ0n) is 13.3. The highest BCUT2D eigenvalue weighted by Crippen LogP contribution is 2.17. The summed E-state index contributed by atoms with van der Waals surface area (Å²) in [4.78, 5) is 0. The van der Waals surface area contributed by atoms with Crippen molar-refractivity contribution in [2.45, 2.75) is 40.2 Å². The fraction of sp³-hybridized carbons (Fsp3) is 0.368. The summed E-state index contributed by atoms with van der Waals surface area (Å²) < 4.78 is 13.1. The maximum atomic E-state index is 13.1. The standard InChI is InChI=1S/C19H24FN/c1-13-5-6-18(11-14(13)2)16(4)21-10-9-17-7-8-19(20)12-15(17)3/h5-8,11-12,16,21H,9-10H2,1-4H3. The largest absolute Gasteiger partial charge is 0.310 e. The molecule has 1 atom stereocenters. The number of hydrogen-bond acceptors (Lipinski definition) is 1. The van der Waals surface area contributed by atoms with Crippen molar-refractivity contribution in [2.24, 2.45) is 0 Å². The lowest BCUT2D eigenvalue weighted by Crippen LogP contribution is -2.21. The van der Waals surface area contributed by atoms with Crippen molar-refractivity contribution < 1.29 is 4.39 Å². The van der Waals surface area contributed by atoms with E-state index in [9.17, 15) is 4.39 Å². The molecule has 2 rings (SSSR count). The van der Waals surface area contributed by atoms with Crippen LogP contribution in [0, 0.1) is 26.6 Å². The molecule has 0 radical (unpaired) electrons. The first-order valence-corrected chi connectivity index (χ1v) is 7.53. The molecule has 2 heteroatoms. The molecule has 0 aliphatic heterocycles. The predicted molar refractivity (Wildman–Crippen MR) is 87.2 cm³/mol. The summed E-state index contributed by atoms with van der Waals surface area (Å²) in [5, 5.41) is 3.54. The third kappa shape index (κ3) is 4.15. The molecule has 0 saturated carbocycles. The zero-order chi connectivity index (χ0) is 15.4. The topological polar surface area (TPSA) is 12.0 Å². The molecule has 0 fully saturated rings. The zero-order valence-corrected chi connectivity index (χ0v) is 13.3. The Morgan fingerprint density at radius 3 is 2.38 bits per heavy atom. The van der Waals surface area contributed by atoms with Gasteiger partial charge < -0.3 is 5.32 Å². The number of hydrogen-bond donors (Lipinski definition) is 1. The third-order valence-corrected chi connectivity index (χ3v) is 4.18. The minimum Gasteiger partial charge on any atom is -0.310 e. The normalized spacial score (nSPS) is 12.4. The van der Waals surface area contributed by atoms with Gasteiger partial charge in [0.05, 0.1) is 0 Å². The van der Waals surface area contributed by atoms with E-state index in [-0.39, 0.29) is 5.82 Å². The molecule has 21 heavy (non-hydrogen) atoms. The van der Waals surface area contributed by atoms with Crippen molar-refractivity contribution in [3.8, 4) is 0 Å².